The summed E-state index contributed by atoms with van der Waals surface area (Å²) in [5.74, 6) is -1.00. The standard InChI is InChI=1S/C17H20FNO3/c18-15-7-5-13(6-8-15)14-9-11-19(12-10-14)16(20)3-1-2-4-17(21)22/h5-9H,1-4,10-12H2,(H,21,22). The molecular weight excluding hydrogens is 285 g/mol. The van der Waals surface area contributed by atoms with Gasteiger partial charge in [0.25, 0.3) is 0 Å². The number of hydrogen-bond acceptors (Lipinski definition) is 2. The molecule has 118 valence electrons. The number of rotatable bonds is 6. The maximum absolute atomic E-state index is 12.9. The first-order chi connectivity index (χ1) is 10.6. The van der Waals surface area contributed by atoms with Crippen LogP contribution >= 0.6 is 0 Å². The topological polar surface area (TPSA) is 57.6 Å². The molecule has 0 radical (unpaired) electrons. The highest BCUT2D eigenvalue weighted by molar-refractivity contribution is 5.78. The smallest absolute Gasteiger partial charge is 0.303 e. The van der Waals surface area contributed by atoms with Crippen molar-refractivity contribution in [2.75, 3.05) is 13.1 Å². The summed E-state index contributed by atoms with van der Waals surface area (Å²) in [5, 5.41) is 8.56. The van der Waals surface area contributed by atoms with E-state index in [0.29, 0.717) is 32.4 Å². The molecule has 2 rings (SSSR count). The Hall–Kier alpha value is -2.17. The lowest BCUT2D eigenvalue weighted by molar-refractivity contribution is -0.137. The Bertz CT molecular complexity index is 566. The lowest BCUT2D eigenvalue weighted by atomic mass is 9.99. The van der Waals surface area contributed by atoms with Crippen molar-refractivity contribution in [1.29, 1.82) is 0 Å². The Kier molecular flexibility index (Phi) is 5.69. The van der Waals surface area contributed by atoms with Gasteiger partial charge in [0.1, 0.15) is 5.82 Å². The number of aliphatic carboxylic acids is 1. The highest BCUT2D eigenvalue weighted by atomic mass is 19.1. The Morgan fingerprint density at radius 3 is 2.41 bits per heavy atom. The van der Waals surface area contributed by atoms with Gasteiger partial charge >= 0.3 is 5.97 Å². The van der Waals surface area contributed by atoms with Gasteiger partial charge in [0.15, 0.2) is 0 Å². The van der Waals surface area contributed by atoms with Crippen LogP contribution in [0.2, 0.25) is 0 Å². The summed E-state index contributed by atoms with van der Waals surface area (Å²) in [7, 11) is 0. The summed E-state index contributed by atoms with van der Waals surface area (Å²) in [5.41, 5.74) is 2.13. The predicted molar refractivity (Wildman–Crippen MR) is 81.7 cm³/mol. The molecule has 1 aliphatic heterocycles. The second-order valence-electron chi connectivity index (χ2n) is 5.43. The fraction of sp³-hybridized carbons (Fsp3) is 0.412. The van der Waals surface area contributed by atoms with Crippen LogP contribution in [-0.4, -0.2) is 35.0 Å². The minimum absolute atomic E-state index is 0.0693. The minimum atomic E-state index is -0.822. The van der Waals surface area contributed by atoms with Gasteiger partial charge < -0.3 is 10.0 Å². The molecule has 1 aromatic rings. The van der Waals surface area contributed by atoms with Gasteiger partial charge in [-0.3, -0.25) is 9.59 Å². The van der Waals surface area contributed by atoms with E-state index in [1.54, 1.807) is 17.0 Å². The van der Waals surface area contributed by atoms with Crippen molar-refractivity contribution < 1.29 is 19.1 Å². The van der Waals surface area contributed by atoms with Crippen molar-refractivity contribution >= 4 is 17.4 Å². The van der Waals surface area contributed by atoms with Crippen molar-refractivity contribution in [3.63, 3.8) is 0 Å². The molecule has 5 heteroatoms. The number of unbranched alkanes of at least 4 members (excludes halogenated alkanes) is 1. The number of amides is 1. The molecule has 0 atom stereocenters. The Morgan fingerprint density at radius 2 is 1.82 bits per heavy atom. The SMILES string of the molecule is O=C(O)CCCCC(=O)N1CC=C(c2ccc(F)cc2)CC1. The predicted octanol–water partition coefficient (Wildman–Crippen LogP) is 3.09. The van der Waals surface area contributed by atoms with Gasteiger partial charge in [-0.05, 0) is 42.5 Å². The molecule has 1 heterocycles. The van der Waals surface area contributed by atoms with E-state index in [4.69, 9.17) is 5.11 Å². The normalized spacial score (nSPS) is 14.6. The molecule has 0 saturated heterocycles. The maximum Gasteiger partial charge on any atom is 0.303 e. The third kappa shape index (κ3) is 4.69. The fourth-order valence-corrected chi connectivity index (χ4v) is 2.53. The fourth-order valence-electron chi connectivity index (χ4n) is 2.53. The van der Waals surface area contributed by atoms with E-state index < -0.39 is 5.97 Å². The monoisotopic (exact) mass is 305 g/mol. The van der Waals surface area contributed by atoms with E-state index in [-0.39, 0.29) is 18.1 Å². The van der Waals surface area contributed by atoms with Crippen LogP contribution in [0.1, 0.15) is 37.7 Å². The van der Waals surface area contributed by atoms with Crippen molar-refractivity contribution in [3.8, 4) is 0 Å². The highest BCUT2D eigenvalue weighted by Gasteiger charge is 2.17. The third-order valence-electron chi connectivity index (χ3n) is 3.81. The molecule has 0 bridgehead atoms. The van der Waals surface area contributed by atoms with Crippen LogP contribution in [-0.2, 0) is 9.59 Å². The summed E-state index contributed by atoms with van der Waals surface area (Å²) in [6.07, 6.45) is 4.41. The molecule has 4 nitrogen and oxygen atoms in total. The Morgan fingerprint density at radius 1 is 1.14 bits per heavy atom. The zero-order valence-corrected chi connectivity index (χ0v) is 12.4. The van der Waals surface area contributed by atoms with Crippen molar-refractivity contribution in [1.82, 2.24) is 4.90 Å². The molecule has 1 N–H and O–H groups in total. The molecular formula is C17H20FNO3. The molecule has 0 unspecified atom stereocenters. The lowest BCUT2D eigenvalue weighted by Crippen LogP contribution is -2.34. The van der Waals surface area contributed by atoms with Gasteiger partial charge in [-0.15, -0.1) is 0 Å². The highest BCUT2D eigenvalue weighted by Crippen LogP contribution is 2.23. The van der Waals surface area contributed by atoms with E-state index in [1.807, 2.05) is 6.08 Å². The van der Waals surface area contributed by atoms with Crippen molar-refractivity contribution in [2.24, 2.45) is 0 Å². The number of halogens is 1. The third-order valence-corrected chi connectivity index (χ3v) is 3.81. The number of carboxylic acid groups (broad SMARTS) is 1. The van der Waals surface area contributed by atoms with Gasteiger partial charge in [-0.25, -0.2) is 4.39 Å². The molecule has 1 amide bonds. The second kappa shape index (κ2) is 7.73. The van der Waals surface area contributed by atoms with Crippen LogP contribution in [0.15, 0.2) is 30.3 Å². The van der Waals surface area contributed by atoms with Crippen molar-refractivity contribution in [2.45, 2.75) is 32.1 Å². The Labute approximate surface area is 129 Å². The first kappa shape index (κ1) is 16.2. The van der Waals surface area contributed by atoms with Gasteiger partial charge in [-0.2, -0.15) is 0 Å². The van der Waals surface area contributed by atoms with Crippen LogP contribution in [0.4, 0.5) is 4.39 Å². The molecule has 0 saturated carbocycles. The summed E-state index contributed by atoms with van der Waals surface area (Å²) in [4.78, 5) is 24.2. The summed E-state index contributed by atoms with van der Waals surface area (Å²) in [6.45, 7) is 1.21. The number of carboxylic acids is 1. The Balaban J connectivity index is 1.81. The molecule has 1 aromatic carbocycles. The quantitative estimate of drug-likeness (QED) is 0.822. The maximum atomic E-state index is 12.9. The number of hydrogen-bond donors (Lipinski definition) is 1. The summed E-state index contributed by atoms with van der Waals surface area (Å²) in [6, 6.07) is 6.39. The molecule has 0 aromatic heterocycles. The molecule has 0 aliphatic carbocycles. The van der Waals surface area contributed by atoms with Gasteiger partial charge in [0, 0.05) is 25.9 Å². The molecule has 0 fully saturated rings. The van der Waals surface area contributed by atoms with Gasteiger partial charge in [0.2, 0.25) is 5.91 Å². The molecule has 22 heavy (non-hydrogen) atoms. The van der Waals surface area contributed by atoms with E-state index in [1.165, 1.54) is 12.1 Å². The van der Waals surface area contributed by atoms with Gasteiger partial charge in [-0.1, -0.05) is 18.2 Å². The number of carbonyl (C=O) groups excluding carboxylic acids is 1. The summed E-state index contributed by atoms with van der Waals surface area (Å²) >= 11 is 0. The molecule has 0 spiro atoms. The number of benzene rings is 1. The van der Waals surface area contributed by atoms with Crippen LogP contribution in [0.3, 0.4) is 0 Å². The zero-order chi connectivity index (χ0) is 15.9. The first-order valence-electron chi connectivity index (χ1n) is 7.51. The van der Waals surface area contributed by atoms with E-state index in [2.05, 4.69) is 0 Å². The lowest BCUT2D eigenvalue weighted by Gasteiger charge is -2.26. The van der Waals surface area contributed by atoms with Crippen LogP contribution < -0.4 is 0 Å². The van der Waals surface area contributed by atoms with Gasteiger partial charge in [0.05, 0.1) is 0 Å². The zero-order valence-electron chi connectivity index (χ0n) is 12.4. The van der Waals surface area contributed by atoms with Crippen LogP contribution in [0, 0.1) is 5.82 Å². The number of carbonyl (C=O) groups is 2. The van der Waals surface area contributed by atoms with E-state index >= 15 is 0 Å². The van der Waals surface area contributed by atoms with E-state index in [9.17, 15) is 14.0 Å². The van der Waals surface area contributed by atoms with Crippen LogP contribution in [0.25, 0.3) is 5.57 Å². The minimum Gasteiger partial charge on any atom is -0.481 e. The average Bonchev–Trinajstić information content (AvgIpc) is 2.52. The first-order valence-corrected chi connectivity index (χ1v) is 7.51. The largest absolute Gasteiger partial charge is 0.481 e. The van der Waals surface area contributed by atoms with Crippen LogP contribution in [0.5, 0.6) is 0 Å². The number of nitrogens with zero attached hydrogens (tertiary/aromatic N) is 1. The molecule has 1 aliphatic rings. The van der Waals surface area contributed by atoms with Crippen molar-refractivity contribution in [3.05, 3.63) is 41.7 Å². The summed E-state index contributed by atoms with van der Waals surface area (Å²) < 4.78 is 12.9. The average molecular weight is 305 g/mol. The van der Waals surface area contributed by atoms with E-state index in [0.717, 1.165) is 17.6 Å². The second-order valence-corrected chi connectivity index (χ2v) is 5.43.